The monoisotopic (exact) mass is 353 g/mol. The minimum atomic E-state index is 0.935. The van der Waals surface area contributed by atoms with Crippen LogP contribution in [0.5, 0.6) is 0 Å². The summed E-state index contributed by atoms with van der Waals surface area (Å²) in [7, 11) is 0. The molecular weight excluding hydrogens is 341 g/mol. The lowest BCUT2D eigenvalue weighted by atomic mass is 10.2. The molecule has 0 heterocycles. The van der Waals surface area contributed by atoms with Crippen molar-refractivity contribution in [2.24, 2.45) is 4.99 Å². The summed E-state index contributed by atoms with van der Waals surface area (Å²) in [5, 5.41) is 0. The van der Waals surface area contributed by atoms with Gasteiger partial charge in [-0.3, -0.25) is 4.99 Å². The molecule has 0 unspecified atom stereocenters. The quantitative estimate of drug-likeness (QED) is 0.554. The lowest BCUT2D eigenvalue weighted by Gasteiger charge is -2.09. The van der Waals surface area contributed by atoms with Crippen molar-refractivity contribution in [3.05, 3.63) is 51.6 Å². The highest BCUT2D eigenvalue weighted by Gasteiger charge is 2.07. The summed E-state index contributed by atoms with van der Waals surface area (Å²) in [6.45, 7) is 5.68. The van der Waals surface area contributed by atoms with Gasteiger partial charge in [-0.25, -0.2) is 0 Å². The van der Waals surface area contributed by atoms with Gasteiger partial charge in [0.1, 0.15) is 0 Å². The Kier molecular flexibility index (Phi) is 4.23. The summed E-state index contributed by atoms with van der Waals surface area (Å²) in [4.78, 5) is 6.53. The van der Waals surface area contributed by atoms with Gasteiger partial charge in [0.05, 0.1) is 5.69 Å². The van der Waals surface area contributed by atoms with Crippen molar-refractivity contribution in [2.75, 3.05) is 0 Å². The van der Waals surface area contributed by atoms with E-state index in [1.807, 2.05) is 6.07 Å². The molecule has 0 saturated carbocycles. The molecule has 86 valence electrons. The standard InChI is InChI=1S/C14H12INS/c1-10-8-11(16-2)9-13(15)14(10)17-12-6-4-3-5-7-12/h3-9H,2H2,1H3. The van der Waals surface area contributed by atoms with Crippen molar-refractivity contribution in [3.8, 4) is 0 Å². The summed E-state index contributed by atoms with van der Waals surface area (Å²) in [5.41, 5.74) is 2.18. The number of halogens is 1. The summed E-state index contributed by atoms with van der Waals surface area (Å²) in [5.74, 6) is 0. The number of benzene rings is 2. The zero-order chi connectivity index (χ0) is 12.3. The Morgan fingerprint density at radius 3 is 2.47 bits per heavy atom. The number of hydrogen-bond acceptors (Lipinski definition) is 2. The first-order valence-corrected chi connectivity index (χ1v) is 7.10. The molecular formula is C14H12INS. The van der Waals surface area contributed by atoms with Crippen molar-refractivity contribution in [1.82, 2.24) is 0 Å². The van der Waals surface area contributed by atoms with Crippen LogP contribution < -0.4 is 0 Å². The first-order chi connectivity index (χ1) is 8.20. The number of aliphatic imine (C=N–C) groups is 1. The van der Waals surface area contributed by atoms with Gasteiger partial charge in [-0.1, -0.05) is 30.0 Å². The van der Waals surface area contributed by atoms with Crippen molar-refractivity contribution >= 4 is 46.8 Å². The van der Waals surface area contributed by atoms with E-state index < -0.39 is 0 Å². The van der Waals surface area contributed by atoms with Crippen LogP contribution in [0.15, 0.2) is 57.2 Å². The maximum absolute atomic E-state index is 3.98. The normalized spacial score (nSPS) is 10.2. The van der Waals surface area contributed by atoms with Crippen molar-refractivity contribution in [2.45, 2.75) is 16.7 Å². The third kappa shape index (κ3) is 3.10. The van der Waals surface area contributed by atoms with Crippen LogP contribution in [0.1, 0.15) is 5.56 Å². The Morgan fingerprint density at radius 2 is 1.88 bits per heavy atom. The average molecular weight is 353 g/mol. The number of nitrogens with zero attached hydrogens (tertiary/aromatic N) is 1. The van der Waals surface area contributed by atoms with Gasteiger partial charge in [0.2, 0.25) is 0 Å². The fourth-order valence-corrected chi connectivity index (χ4v) is 3.52. The fraction of sp³-hybridized carbons (Fsp3) is 0.0714. The molecule has 0 aromatic heterocycles. The highest BCUT2D eigenvalue weighted by molar-refractivity contribution is 14.1. The van der Waals surface area contributed by atoms with Gasteiger partial charge in [0, 0.05) is 13.4 Å². The van der Waals surface area contributed by atoms with E-state index in [1.54, 1.807) is 11.8 Å². The second kappa shape index (κ2) is 5.69. The van der Waals surface area contributed by atoms with Crippen molar-refractivity contribution in [1.29, 1.82) is 0 Å². The van der Waals surface area contributed by atoms with Gasteiger partial charge in [0.15, 0.2) is 0 Å². The molecule has 0 spiro atoms. The van der Waals surface area contributed by atoms with Crippen LogP contribution in [0.4, 0.5) is 5.69 Å². The first kappa shape index (κ1) is 12.6. The predicted molar refractivity (Wildman–Crippen MR) is 83.7 cm³/mol. The van der Waals surface area contributed by atoms with Crippen LogP contribution in [0.3, 0.4) is 0 Å². The molecule has 0 aliphatic heterocycles. The molecule has 1 nitrogen and oxygen atoms in total. The molecule has 0 amide bonds. The first-order valence-electron chi connectivity index (χ1n) is 5.20. The van der Waals surface area contributed by atoms with Crippen LogP contribution in [0.25, 0.3) is 0 Å². The van der Waals surface area contributed by atoms with Crippen LogP contribution in [0, 0.1) is 10.5 Å². The lowest BCUT2D eigenvalue weighted by molar-refractivity contribution is 1.25. The van der Waals surface area contributed by atoms with Gasteiger partial charge < -0.3 is 0 Å². The maximum Gasteiger partial charge on any atom is 0.0636 e. The van der Waals surface area contributed by atoms with Gasteiger partial charge in [-0.2, -0.15) is 0 Å². The van der Waals surface area contributed by atoms with E-state index in [0.29, 0.717) is 0 Å². The molecule has 3 heteroatoms. The van der Waals surface area contributed by atoms with E-state index in [9.17, 15) is 0 Å². The smallest absolute Gasteiger partial charge is 0.0636 e. The van der Waals surface area contributed by atoms with E-state index in [-0.39, 0.29) is 0 Å². The highest BCUT2D eigenvalue weighted by atomic mass is 127. The third-order valence-corrected chi connectivity index (χ3v) is 4.83. The second-order valence-corrected chi connectivity index (χ2v) is 5.89. The Bertz CT molecular complexity index is 514. The SMILES string of the molecule is C=Nc1cc(C)c(Sc2ccccc2)c(I)c1. The fourth-order valence-electron chi connectivity index (χ4n) is 1.54. The van der Waals surface area contributed by atoms with Crippen LogP contribution in [-0.4, -0.2) is 6.72 Å². The molecule has 17 heavy (non-hydrogen) atoms. The van der Waals surface area contributed by atoms with E-state index in [1.165, 1.54) is 18.9 Å². The topological polar surface area (TPSA) is 12.4 Å². The summed E-state index contributed by atoms with van der Waals surface area (Å²) >= 11 is 4.14. The van der Waals surface area contributed by atoms with E-state index in [0.717, 1.165) is 5.69 Å². The second-order valence-electron chi connectivity index (χ2n) is 3.65. The molecule has 0 aliphatic rings. The molecule has 2 rings (SSSR count). The van der Waals surface area contributed by atoms with Crippen LogP contribution in [-0.2, 0) is 0 Å². The van der Waals surface area contributed by atoms with E-state index >= 15 is 0 Å². The number of hydrogen-bond donors (Lipinski definition) is 0. The number of aryl methyl sites for hydroxylation is 1. The summed E-state index contributed by atoms with van der Waals surface area (Å²) in [6, 6.07) is 14.5. The van der Waals surface area contributed by atoms with Gasteiger partial charge >= 0.3 is 0 Å². The molecule has 0 atom stereocenters. The number of rotatable bonds is 3. The molecule has 0 aliphatic carbocycles. The minimum Gasteiger partial charge on any atom is -0.265 e. The van der Waals surface area contributed by atoms with Gasteiger partial charge in [-0.05, 0) is 66.1 Å². The molecule has 0 N–H and O–H groups in total. The van der Waals surface area contributed by atoms with Gasteiger partial charge in [0.25, 0.3) is 0 Å². The zero-order valence-electron chi connectivity index (χ0n) is 9.48. The lowest BCUT2D eigenvalue weighted by Crippen LogP contribution is -1.85. The third-order valence-electron chi connectivity index (χ3n) is 2.36. The van der Waals surface area contributed by atoms with Crippen molar-refractivity contribution in [3.63, 3.8) is 0 Å². The largest absolute Gasteiger partial charge is 0.265 e. The predicted octanol–water partition coefficient (Wildman–Crippen LogP) is 5.08. The molecule has 0 saturated heterocycles. The highest BCUT2D eigenvalue weighted by Crippen LogP contribution is 2.36. The Morgan fingerprint density at radius 1 is 1.18 bits per heavy atom. The zero-order valence-corrected chi connectivity index (χ0v) is 12.5. The maximum atomic E-state index is 3.98. The molecule has 0 fully saturated rings. The molecule has 2 aromatic carbocycles. The molecule has 0 radical (unpaired) electrons. The Labute approximate surface area is 119 Å². The Hall–Kier alpha value is -0.810. The summed E-state index contributed by atoms with van der Waals surface area (Å²) < 4.78 is 1.22. The average Bonchev–Trinajstić information content (AvgIpc) is 2.35. The van der Waals surface area contributed by atoms with E-state index in [4.69, 9.17) is 0 Å². The van der Waals surface area contributed by atoms with Crippen LogP contribution >= 0.6 is 34.4 Å². The molecule has 2 aromatic rings. The molecule has 0 bridgehead atoms. The summed E-state index contributed by atoms with van der Waals surface area (Å²) in [6.07, 6.45) is 0. The van der Waals surface area contributed by atoms with Crippen LogP contribution in [0.2, 0.25) is 0 Å². The van der Waals surface area contributed by atoms with Gasteiger partial charge in [-0.15, -0.1) is 0 Å². The van der Waals surface area contributed by atoms with Crippen molar-refractivity contribution < 1.29 is 0 Å². The minimum absolute atomic E-state index is 0.935. The Balaban J connectivity index is 2.37. The van der Waals surface area contributed by atoms with E-state index in [2.05, 4.69) is 77.6 Å².